The van der Waals surface area contributed by atoms with Crippen molar-refractivity contribution in [3.8, 4) is 0 Å². The van der Waals surface area contributed by atoms with Crippen LogP contribution in [0.5, 0.6) is 0 Å². The van der Waals surface area contributed by atoms with Gasteiger partial charge in [0.1, 0.15) is 0 Å². The van der Waals surface area contributed by atoms with Gasteiger partial charge in [-0.2, -0.15) is 0 Å². The van der Waals surface area contributed by atoms with Crippen molar-refractivity contribution in [3.63, 3.8) is 0 Å². The summed E-state index contributed by atoms with van der Waals surface area (Å²) in [7, 11) is 0. The molecule has 0 radical (unpaired) electrons. The first kappa shape index (κ1) is 20.0. The molecule has 3 heterocycles. The average Bonchev–Trinajstić information content (AvgIpc) is 3.17. The van der Waals surface area contributed by atoms with Crippen LogP contribution in [-0.4, -0.2) is 73.7 Å². The number of hydrogen-bond acceptors (Lipinski definition) is 4. The Bertz CT molecular complexity index is 335. The molecule has 3 saturated heterocycles. The van der Waals surface area contributed by atoms with E-state index < -0.39 is 0 Å². The lowest BCUT2D eigenvalue weighted by atomic mass is 10.1. The molecule has 2 unspecified atom stereocenters. The highest BCUT2D eigenvalue weighted by Crippen LogP contribution is 2.19. The van der Waals surface area contributed by atoms with Crippen LogP contribution in [0, 0.1) is 0 Å². The van der Waals surface area contributed by atoms with Gasteiger partial charge >= 0.3 is 0 Å². The monoisotopic (exact) mass is 353 g/mol. The largest absolute Gasteiger partial charge is 0.379 e. The fourth-order valence-electron chi connectivity index (χ4n) is 3.67. The van der Waals surface area contributed by atoms with Crippen LogP contribution in [-0.2, 0) is 9.53 Å². The smallest absolute Gasteiger partial charge is 0.222 e. The molecule has 5 nitrogen and oxygen atoms in total. The number of rotatable bonds is 4. The summed E-state index contributed by atoms with van der Waals surface area (Å²) in [5.74, 6) is 0.356. The molecule has 130 valence electrons. The van der Waals surface area contributed by atoms with Crippen molar-refractivity contribution in [2.24, 2.45) is 0 Å². The first-order chi connectivity index (χ1) is 9.83. The predicted octanol–water partition coefficient (Wildman–Crippen LogP) is 1.30. The van der Waals surface area contributed by atoms with Crippen molar-refractivity contribution in [1.29, 1.82) is 0 Å². The summed E-state index contributed by atoms with van der Waals surface area (Å²) in [4.78, 5) is 16.9. The molecule has 0 bridgehead atoms. The van der Waals surface area contributed by atoms with E-state index in [2.05, 4.69) is 15.1 Å². The molecule has 0 aromatic rings. The fraction of sp³-hybridized carbons (Fsp3) is 0.933. The van der Waals surface area contributed by atoms with Gasteiger partial charge in [0.2, 0.25) is 5.91 Å². The Kier molecular flexibility index (Phi) is 9.02. The Morgan fingerprint density at radius 3 is 2.59 bits per heavy atom. The SMILES string of the molecule is Cl.Cl.O=C(CCC1CCCN1)N1CCC(N2CCOCC2)C1. The van der Waals surface area contributed by atoms with Gasteiger partial charge in [0.15, 0.2) is 0 Å². The Morgan fingerprint density at radius 2 is 1.91 bits per heavy atom. The molecule has 3 fully saturated rings. The number of ether oxygens (including phenoxy) is 1. The number of nitrogens with one attached hydrogen (secondary N) is 1. The van der Waals surface area contributed by atoms with Gasteiger partial charge in [-0.3, -0.25) is 9.69 Å². The molecule has 3 aliphatic heterocycles. The number of nitrogens with zero attached hydrogens (tertiary/aromatic N) is 2. The molecule has 0 saturated carbocycles. The highest BCUT2D eigenvalue weighted by Gasteiger charge is 2.31. The van der Waals surface area contributed by atoms with Crippen LogP contribution in [0.4, 0.5) is 0 Å². The Balaban J connectivity index is 0.00000121. The third-order valence-electron chi connectivity index (χ3n) is 4.95. The third kappa shape index (κ3) is 5.24. The molecule has 3 rings (SSSR count). The molecule has 0 aromatic carbocycles. The van der Waals surface area contributed by atoms with E-state index in [0.29, 0.717) is 24.4 Å². The summed E-state index contributed by atoms with van der Waals surface area (Å²) in [6.45, 7) is 6.74. The van der Waals surface area contributed by atoms with Crippen molar-refractivity contribution in [3.05, 3.63) is 0 Å². The maximum atomic E-state index is 12.3. The van der Waals surface area contributed by atoms with Crippen LogP contribution in [0.3, 0.4) is 0 Å². The van der Waals surface area contributed by atoms with E-state index in [1.807, 2.05) is 0 Å². The third-order valence-corrected chi connectivity index (χ3v) is 4.95. The molecule has 0 aromatic heterocycles. The molecule has 1 amide bonds. The summed E-state index contributed by atoms with van der Waals surface area (Å²) in [5, 5.41) is 3.47. The van der Waals surface area contributed by atoms with Gasteiger partial charge in [0.25, 0.3) is 0 Å². The van der Waals surface area contributed by atoms with Crippen LogP contribution in [0.15, 0.2) is 0 Å². The fourth-order valence-corrected chi connectivity index (χ4v) is 3.67. The van der Waals surface area contributed by atoms with Crippen LogP contribution in [0.1, 0.15) is 32.1 Å². The van der Waals surface area contributed by atoms with Gasteiger partial charge in [0, 0.05) is 44.7 Å². The second-order valence-corrected chi connectivity index (χ2v) is 6.26. The van der Waals surface area contributed by atoms with Gasteiger partial charge in [-0.1, -0.05) is 0 Å². The Morgan fingerprint density at radius 1 is 1.14 bits per heavy atom. The summed E-state index contributed by atoms with van der Waals surface area (Å²) in [5.41, 5.74) is 0. The van der Waals surface area contributed by atoms with Crippen molar-refractivity contribution in [1.82, 2.24) is 15.1 Å². The lowest BCUT2D eigenvalue weighted by molar-refractivity contribution is -0.130. The van der Waals surface area contributed by atoms with E-state index in [-0.39, 0.29) is 24.8 Å². The molecular weight excluding hydrogens is 325 g/mol. The van der Waals surface area contributed by atoms with Gasteiger partial charge in [-0.05, 0) is 32.2 Å². The minimum absolute atomic E-state index is 0. The topological polar surface area (TPSA) is 44.8 Å². The maximum Gasteiger partial charge on any atom is 0.222 e. The van der Waals surface area contributed by atoms with E-state index >= 15 is 0 Å². The molecule has 0 spiro atoms. The summed E-state index contributed by atoms with van der Waals surface area (Å²) in [6, 6.07) is 1.14. The molecule has 2 atom stereocenters. The Labute approximate surface area is 145 Å². The number of carbonyl (C=O) groups excluding carboxylic acids is 1. The summed E-state index contributed by atoms with van der Waals surface area (Å²) in [6.07, 6.45) is 5.36. The zero-order chi connectivity index (χ0) is 13.8. The lowest BCUT2D eigenvalue weighted by Crippen LogP contribution is -2.45. The molecule has 3 aliphatic rings. The van der Waals surface area contributed by atoms with Gasteiger partial charge < -0.3 is 15.0 Å². The minimum Gasteiger partial charge on any atom is -0.379 e. The predicted molar refractivity (Wildman–Crippen MR) is 92.1 cm³/mol. The number of carbonyl (C=O) groups is 1. The molecule has 1 N–H and O–H groups in total. The summed E-state index contributed by atoms with van der Waals surface area (Å²) >= 11 is 0. The standard InChI is InChI=1S/C15H27N3O2.2ClH/c19-15(4-3-13-2-1-6-16-13)18-7-5-14(12-18)17-8-10-20-11-9-17;;/h13-14,16H,1-12H2;2*1H. The second kappa shape index (κ2) is 9.93. The van der Waals surface area contributed by atoms with Crippen molar-refractivity contribution < 1.29 is 9.53 Å². The number of amides is 1. The molecule has 7 heteroatoms. The van der Waals surface area contributed by atoms with Gasteiger partial charge in [-0.25, -0.2) is 0 Å². The quantitative estimate of drug-likeness (QED) is 0.827. The number of likely N-dealkylation sites (tertiary alicyclic amines) is 1. The number of hydrogen-bond donors (Lipinski definition) is 1. The number of morpholine rings is 1. The highest BCUT2D eigenvalue weighted by atomic mass is 35.5. The zero-order valence-electron chi connectivity index (χ0n) is 13.2. The van der Waals surface area contributed by atoms with Crippen molar-refractivity contribution in [2.75, 3.05) is 45.9 Å². The van der Waals surface area contributed by atoms with E-state index in [9.17, 15) is 4.79 Å². The molecule has 0 aliphatic carbocycles. The van der Waals surface area contributed by atoms with Gasteiger partial charge in [-0.15, -0.1) is 24.8 Å². The van der Waals surface area contributed by atoms with E-state index in [1.165, 1.54) is 12.8 Å². The van der Waals surface area contributed by atoms with E-state index in [0.717, 1.165) is 58.8 Å². The first-order valence-electron chi connectivity index (χ1n) is 8.16. The van der Waals surface area contributed by atoms with Crippen LogP contribution >= 0.6 is 24.8 Å². The second-order valence-electron chi connectivity index (χ2n) is 6.26. The van der Waals surface area contributed by atoms with E-state index in [4.69, 9.17) is 4.74 Å². The van der Waals surface area contributed by atoms with E-state index in [1.54, 1.807) is 0 Å². The summed E-state index contributed by atoms with van der Waals surface area (Å²) < 4.78 is 5.40. The van der Waals surface area contributed by atoms with Crippen molar-refractivity contribution >= 4 is 30.7 Å². The highest BCUT2D eigenvalue weighted by molar-refractivity contribution is 5.85. The lowest BCUT2D eigenvalue weighted by Gasteiger charge is -2.32. The van der Waals surface area contributed by atoms with Crippen LogP contribution < -0.4 is 5.32 Å². The average molecular weight is 354 g/mol. The normalized spacial score (nSPS) is 29.0. The maximum absolute atomic E-state index is 12.3. The number of halogens is 2. The van der Waals surface area contributed by atoms with Crippen LogP contribution in [0.2, 0.25) is 0 Å². The van der Waals surface area contributed by atoms with Crippen molar-refractivity contribution in [2.45, 2.75) is 44.2 Å². The molecule has 22 heavy (non-hydrogen) atoms. The minimum atomic E-state index is 0. The first-order valence-corrected chi connectivity index (χ1v) is 8.16. The Hall–Kier alpha value is -0.0700. The molecular formula is C15H29Cl2N3O2. The zero-order valence-corrected chi connectivity index (χ0v) is 14.8. The van der Waals surface area contributed by atoms with Gasteiger partial charge in [0.05, 0.1) is 13.2 Å². The van der Waals surface area contributed by atoms with Crippen LogP contribution in [0.25, 0.3) is 0 Å².